The highest BCUT2D eigenvalue weighted by molar-refractivity contribution is 7.89. The molecule has 1 aromatic rings. The number of hydrogen-bond acceptors (Lipinski definition) is 2. The molecule has 0 spiro atoms. The lowest BCUT2D eigenvalue weighted by molar-refractivity contribution is 0.483. The number of rotatable bonds is 2. The van der Waals surface area contributed by atoms with E-state index in [1.165, 1.54) is 18.2 Å². The Kier molecular flexibility index (Phi) is 2.68. The first-order chi connectivity index (χ1) is 5.95. The van der Waals surface area contributed by atoms with E-state index in [0.717, 1.165) is 0 Å². The molecule has 1 aromatic carbocycles. The zero-order valence-electron chi connectivity index (χ0n) is 7.12. The van der Waals surface area contributed by atoms with Gasteiger partial charge in [-0.15, -0.1) is 0 Å². The van der Waals surface area contributed by atoms with Crippen molar-refractivity contribution < 1.29 is 12.8 Å². The Labute approximate surface area is 76.4 Å². The monoisotopic (exact) mass is 203 g/mol. The predicted octanol–water partition coefficient (Wildman–Crippen LogP) is 1.11. The van der Waals surface area contributed by atoms with Crippen LogP contribution in [0, 0.1) is 6.92 Å². The minimum absolute atomic E-state index is 0.0159. The van der Waals surface area contributed by atoms with Gasteiger partial charge in [-0.3, -0.25) is 0 Å². The highest BCUT2D eigenvalue weighted by Gasteiger charge is 2.08. The smallest absolute Gasteiger partial charge is 0.238 e. The van der Waals surface area contributed by atoms with Crippen LogP contribution in [-0.2, 0) is 16.7 Å². The second-order valence-corrected chi connectivity index (χ2v) is 4.33. The summed E-state index contributed by atoms with van der Waals surface area (Å²) < 4.78 is 34.0. The summed E-state index contributed by atoms with van der Waals surface area (Å²) in [5.41, 5.74) is 1.07. The Morgan fingerprint density at radius 3 is 2.46 bits per heavy atom. The molecule has 72 valence electrons. The molecule has 0 aromatic heterocycles. The molecule has 0 atom stereocenters. The first-order valence-corrected chi connectivity index (χ1v) is 5.18. The SMILES string of the molecule is Cc1cc(S(N)(=O)=O)ccc1CF. The topological polar surface area (TPSA) is 60.2 Å². The van der Waals surface area contributed by atoms with Crippen molar-refractivity contribution in [1.82, 2.24) is 0 Å². The minimum atomic E-state index is -3.67. The summed E-state index contributed by atoms with van der Waals surface area (Å²) in [6.07, 6.45) is 0. The fourth-order valence-corrected chi connectivity index (χ4v) is 1.59. The van der Waals surface area contributed by atoms with E-state index in [9.17, 15) is 12.8 Å². The van der Waals surface area contributed by atoms with Gasteiger partial charge in [-0.2, -0.15) is 0 Å². The third kappa shape index (κ3) is 2.26. The van der Waals surface area contributed by atoms with Crippen molar-refractivity contribution in [3.8, 4) is 0 Å². The number of sulfonamides is 1. The van der Waals surface area contributed by atoms with Crippen LogP contribution in [0.15, 0.2) is 23.1 Å². The van der Waals surface area contributed by atoms with Crippen molar-refractivity contribution in [2.24, 2.45) is 5.14 Å². The van der Waals surface area contributed by atoms with Gasteiger partial charge in [0.1, 0.15) is 6.67 Å². The molecule has 0 aliphatic heterocycles. The van der Waals surface area contributed by atoms with Crippen LogP contribution in [0.5, 0.6) is 0 Å². The second kappa shape index (κ2) is 3.43. The number of hydrogen-bond donors (Lipinski definition) is 1. The summed E-state index contributed by atoms with van der Waals surface area (Å²) in [5.74, 6) is 0. The van der Waals surface area contributed by atoms with E-state index >= 15 is 0 Å². The van der Waals surface area contributed by atoms with Crippen molar-refractivity contribution >= 4 is 10.0 Å². The van der Waals surface area contributed by atoms with Crippen molar-refractivity contribution in [3.63, 3.8) is 0 Å². The summed E-state index contributed by atoms with van der Waals surface area (Å²) in [7, 11) is -3.67. The molecule has 1 rings (SSSR count). The highest BCUT2D eigenvalue weighted by Crippen LogP contribution is 2.14. The predicted molar refractivity (Wildman–Crippen MR) is 47.4 cm³/mol. The molecule has 0 amide bonds. The van der Waals surface area contributed by atoms with Crippen LogP contribution in [0.3, 0.4) is 0 Å². The maximum atomic E-state index is 12.2. The Balaban J connectivity index is 3.26. The lowest BCUT2D eigenvalue weighted by Crippen LogP contribution is -2.12. The van der Waals surface area contributed by atoms with Gasteiger partial charge >= 0.3 is 0 Å². The lowest BCUT2D eigenvalue weighted by Gasteiger charge is -2.03. The van der Waals surface area contributed by atoms with Gasteiger partial charge in [-0.05, 0) is 30.2 Å². The van der Waals surface area contributed by atoms with Gasteiger partial charge in [-0.1, -0.05) is 6.07 Å². The fourth-order valence-electron chi connectivity index (χ4n) is 0.995. The summed E-state index contributed by atoms with van der Waals surface area (Å²) in [6.45, 7) is 1.04. The first-order valence-electron chi connectivity index (χ1n) is 3.63. The van der Waals surface area contributed by atoms with Gasteiger partial charge in [-0.25, -0.2) is 17.9 Å². The third-order valence-corrected chi connectivity index (χ3v) is 2.70. The summed E-state index contributed by atoms with van der Waals surface area (Å²) >= 11 is 0. The van der Waals surface area contributed by atoms with Crippen molar-refractivity contribution in [3.05, 3.63) is 29.3 Å². The average molecular weight is 203 g/mol. The average Bonchev–Trinajstić information content (AvgIpc) is 2.02. The van der Waals surface area contributed by atoms with Crippen molar-refractivity contribution in [2.45, 2.75) is 18.5 Å². The Hall–Kier alpha value is -0.940. The standard InChI is InChI=1S/C8H10FNO2S/c1-6-4-8(13(10,11)12)3-2-7(6)5-9/h2-4H,5H2,1H3,(H2,10,11,12). The molecule has 0 fully saturated rings. The van der Waals surface area contributed by atoms with Gasteiger partial charge in [0, 0.05) is 0 Å². The summed E-state index contributed by atoms with van der Waals surface area (Å²) in [5, 5.41) is 4.90. The number of alkyl halides is 1. The molecule has 3 nitrogen and oxygen atoms in total. The molecule has 0 heterocycles. The van der Waals surface area contributed by atoms with Gasteiger partial charge in [0.05, 0.1) is 4.90 Å². The van der Waals surface area contributed by atoms with Crippen molar-refractivity contribution in [1.29, 1.82) is 0 Å². The molecule has 2 N–H and O–H groups in total. The van der Waals surface area contributed by atoms with E-state index in [1.54, 1.807) is 6.92 Å². The number of nitrogens with two attached hydrogens (primary N) is 1. The number of aryl methyl sites for hydroxylation is 1. The van der Waals surface area contributed by atoms with Crippen LogP contribution < -0.4 is 5.14 Å². The first kappa shape index (κ1) is 10.1. The zero-order chi connectivity index (χ0) is 10.1. The van der Waals surface area contributed by atoms with Crippen LogP contribution in [-0.4, -0.2) is 8.42 Å². The Morgan fingerprint density at radius 1 is 1.46 bits per heavy atom. The molecule has 0 aliphatic carbocycles. The largest absolute Gasteiger partial charge is 0.246 e. The van der Waals surface area contributed by atoms with E-state index in [1.807, 2.05) is 0 Å². The molecule has 0 bridgehead atoms. The van der Waals surface area contributed by atoms with E-state index in [-0.39, 0.29) is 4.90 Å². The van der Waals surface area contributed by atoms with Gasteiger partial charge in [0.25, 0.3) is 0 Å². The quantitative estimate of drug-likeness (QED) is 0.782. The molecular formula is C8H10FNO2S. The number of primary sulfonamides is 1. The maximum Gasteiger partial charge on any atom is 0.238 e. The van der Waals surface area contributed by atoms with Crippen LogP contribution in [0.4, 0.5) is 4.39 Å². The van der Waals surface area contributed by atoms with Crippen LogP contribution in [0.25, 0.3) is 0 Å². The second-order valence-electron chi connectivity index (χ2n) is 2.77. The third-order valence-electron chi connectivity index (χ3n) is 1.79. The molecular weight excluding hydrogens is 193 g/mol. The van der Waals surface area contributed by atoms with Crippen LogP contribution in [0.2, 0.25) is 0 Å². The van der Waals surface area contributed by atoms with Crippen LogP contribution >= 0.6 is 0 Å². The molecule has 5 heteroatoms. The maximum absolute atomic E-state index is 12.2. The summed E-state index contributed by atoms with van der Waals surface area (Å²) in [6, 6.07) is 4.09. The molecule has 0 radical (unpaired) electrons. The van der Waals surface area contributed by atoms with E-state index in [4.69, 9.17) is 5.14 Å². The van der Waals surface area contributed by atoms with Gasteiger partial charge in [0.15, 0.2) is 0 Å². The minimum Gasteiger partial charge on any atom is -0.246 e. The molecule has 0 aliphatic rings. The van der Waals surface area contributed by atoms with Crippen LogP contribution in [0.1, 0.15) is 11.1 Å². The number of halogens is 1. The zero-order valence-corrected chi connectivity index (χ0v) is 7.94. The van der Waals surface area contributed by atoms with E-state index in [2.05, 4.69) is 0 Å². The highest BCUT2D eigenvalue weighted by atomic mass is 32.2. The fraction of sp³-hybridized carbons (Fsp3) is 0.250. The Bertz CT molecular complexity index is 414. The van der Waals surface area contributed by atoms with Gasteiger partial charge in [0.2, 0.25) is 10.0 Å². The summed E-state index contributed by atoms with van der Waals surface area (Å²) in [4.78, 5) is 0.0159. The lowest BCUT2D eigenvalue weighted by atomic mass is 10.1. The van der Waals surface area contributed by atoms with E-state index < -0.39 is 16.7 Å². The molecule has 13 heavy (non-hydrogen) atoms. The number of benzene rings is 1. The molecule has 0 unspecified atom stereocenters. The normalized spacial score (nSPS) is 11.6. The van der Waals surface area contributed by atoms with E-state index in [0.29, 0.717) is 11.1 Å². The molecule has 0 saturated carbocycles. The van der Waals surface area contributed by atoms with Gasteiger partial charge < -0.3 is 0 Å². The molecule has 0 saturated heterocycles. The Morgan fingerprint density at radius 2 is 2.08 bits per heavy atom. The van der Waals surface area contributed by atoms with Crippen molar-refractivity contribution in [2.75, 3.05) is 0 Å².